The molecule has 0 fully saturated rings. The van der Waals surface area contributed by atoms with Crippen molar-refractivity contribution in [1.82, 2.24) is 4.98 Å². The van der Waals surface area contributed by atoms with Crippen molar-refractivity contribution >= 4 is 5.69 Å². The van der Waals surface area contributed by atoms with E-state index in [-0.39, 0.29) is 6.04 Å². The van der Waals surface area contributed by atoms with Gasteiger partial charge in [0.1, 0.15) is 11.8 Å². The molecule has 3 heteroatoms. The Hall–Kier alpha value is -2.00. The Labute approximate surface area is 83.8 Å². The van der Waals surface area contributed by atoms with Gasteiger partial charge in [0.05, 0.1) is 11.9 Å². The van der Waals surface area contributed by atoms with Gasteiger partial charge in [-0.25, -0.2) is 4.98 Å². The van der Waals surface area contributed by atoms with Crippen LogP contribution in [0.15, 0.2) is 18.3 Å². The third-order valence-corrected chi connectivity index (χ3v) is 1.72. The quantitative estimate of drug-likeness (QED) is 0.730. The van der Waals surface area contributed by atoms with E-state index in [0.29, 0.717) is 12.1 Å². The molecule has 0 saturated carbocycles. The monoisotopic (exact) mass is 185 g/mol. The Morgan fingerprint density at radius 3 is 2.93 bits per heavy atom. The van der Waals surface area contributed by atoms with E-state index < -0.39 is 0 Å². The molecule has 0 bridgehead atoms. The van der Waals surface area contributed by atoms with Gasteiger partial charge in [0.25, 0.3) is 0 Å². The van der Waals surface area contributed by atoms with Crippen molar-refractivity contribution in [3.05, 3.63) is 24.0 Å². The van der Waals surface area contributed by atoms with E-state index in [1.165, 1.54) is 0 Å². The molecule has 1 N–H and O–H groups in total. The summed E-state index contributed by atoms with van der Waals surface area (Å²) in [5.74, 6) is 2.58. The molecule has 3 nitrogen and oxygen atoms in total. The molecule has 0 aliphatic heterocycles. The zero-order valence-electron chi connectivity index (χ0n) is 7.99. The second-order valence-electron chi connectivity index (χ2n) is 3.00. The van der Waals surface area contributed by atoms with Crippen LogP contribution in [-0.2, 0) is 0 Å². The minimum absolute atomic E-state index is 0.217. The summed E-state index contributed by atoms with van der Waals surface area (Å²) in [6.07, 6.45) is 7.48. The zero-order valence-corrected chi connectivity index (χ0v) is 7.99. The highest BCUT2D eigenvalue weighted by atomic mass is 14.9. The van der Waals surface area contributed by atoms with Crippen LogP contribution < -0.4 is 5.32 Å². The SMILES string of the molecule is C#CCC(C)Nc1ccc(C#N)nc1. The maximum atomic E-state index is 8.54. The molecule has 0 spiro atoms. The summed E-state index contributed by atoms with van der Waals surface area (Å²) in [4.78, 5) is 3.94. The first-order chi connectivity index (χ1) is 6.76. The Bertz CT molecular complexity index is 367. The van der Waals surface area contributed by atoms with Gasteiger partial charge in [-0.05, 0) is 19.1 Å². The number of rotatable bonds is 3. The van der Waals surface area contributed by atoms with E-state index >= 15 is 0 Å². The largest absolute Gasteiger partial charge is 0.380 e. The van der Waals surface area contributed by atoms with E-state index in [2.05, 4.69) is 16.2 Å². The van der Waals surface area contributed by atoms with Crippen molar-refractivity contribution in [2.24, 2.45) is 0 Å². The summed E-state index contributed by atoms with van der Waals surface area (Å²) in [7, 11) is 0. The van der Waals surface area contributed by atoms with Crippen molar-refractivity contribution in [2.75, 3.05) is 5.32 Å². The fourth-order valence-corrected chi connectivity index (χ4v) is 1.06. The molecule has 0 aromatic carbocycles. The highest BCUT2D eigenvalue weighted by Gasteiger charge is 1.99. The van der Waals surface area contributed by atoms with Crippen LogP contribution >= 0.6 is 0 Å². The predicted molar refractivity (Wildman–Crippen MR) is 55.5 cm³/mol. The molecule has 1 aromatic rings. The Kier molecular flexibility index (Phi) is 3.52. The van der Waals surface area contributed by atoms with E-state index in [9.17, 15) is 0 Å². The summed E-state index contributed by atoms with van der Waals surface area (Å²) >= 11 is 0. The van der Waals surface area contributed by atoms with E-state index in [0.717, 1.165) is 5.69 Å². The van der Waals surface area contributed by atoms with Gasteiger partial charge in [0.2, 0.25) is 0 Å². The summed E-state index contributed by atoms with van der Waals surface area (Å²) in [5.41, 5.74) is 1.30. The van der Waals surface area contributed by atoms with E-state index in [4.69, 9.17) is 11.7 Å². The number of hydrogen-bond donors (Lipinski definition) is 1. The number of aromatic nitrogens is 1. The topological polar surface area (TPSA) is 48.7 Å². The molecule has 0 amide bonds. The van der Waals surface area contributed by atoms with Gasteiger partial charge < -0.3 is 5.32 Å². The average Bonchev–Trinajstić information content (AvgIpc) is 2.19. The number of nitriles is 1. The second kappa shape index (κ2) is 4.89. The maximum absolute atomic E-state index is 8.54. The first-order valence-corrected chi connectivity index (χ1v) is 4.32. The van der Waals surface area contributed by atoms with Crippen LogP contribution in [0.1, 0.15) is 19.0 Å². The van der Waals surface area contributed by atoms with Crippen LogP contribution in [0.4, 0.5) is 5.69 Å². The molecular weight excluding hydrogens is 174 g/mol. The average molecular weight is 185 g/mol. The predicted octanol–water partition coefficient (Wildman–Crippen LogP) is 1.78. The summed E-state index contributed by atoms with van der Waals surface area (Å²) in [6, 6.07) is 5.67. The van der Waals surface area contributed by atoms with Gasteiger partial charge in [0.15, 0.2) is 0 Å². The van der Waals surface area contributed by atoms with Crippen molar-refractivity contribution in [3.63, 3.8) is 0 Å². The van der Waals surface area contributed by atoms with Gasteiger partial charge in [-0.1, -0.05) is 0 Å². The van der Waals surface area contributed by atoms with Crippen LogP contribution in [0, 0.1) is 23.7 Å². The molecule has 70 valence electrons. The Morgan fingerprint density at radius 1 is 1.64 bits per heavy atom. The van der Waals surface area contributed by atoms with Crippen LogP contribution in [-0.4, -0.2) is 11.0 Å². The summed E-state index contributed by atoms with van der Waals surface area (Å²) in [6.45, 7) is 2.00. The molecular formula is C11H11N3. The number of nitrogens with one attached hydrogen (secondary N) is 1. The molecule has 0 aliphatic carbocycles. The molecule has 1 atom stereocenters. The van der Waals surface area contributed by atoms with Crippen molar-refractivity contribution in [1.29, 1.82) is 5.26 Å². The molecule has 0 aliphatic rings. The molecule has 1 unspecified atom stereocenters. The van der Waals surface area contributed by atoms with Crippen molar-refractivity contribution in [2.45, 2.75) is 19.4 Å². The molecule has 1 aromatic heterocycles. The molecule has 0 radical (unpaired) electrons. The second-order valence-corrected chi connectivity index (χ2v) is 3.00. The highest BCUT2D eigenvalue weighted by molar-refractivity contribution is 5.43. The smallest absolute Gasteiger partial charge is 0.140 e. The van der Waals surface area contributed by atoms with Crippen LogP contribution in [0.25, 0.3) is 0 Å². The van der Waals surface area contributed by atoms with Gasteiger partial charge in [0, 0.05) is 12.5 Å². The fourth-order valence-electron chi connectivity index (χ4n) is 1.06. The molecule has 1 rings (SSSR count). The minimum atomic E-state index is 0.217. The van der Waals surface area contributed by atoms with Gasteiger partial charge >= 0.3 is 0 Å². The normalized spacial score (nSPS) is 11.1. The first-order valence-electron chi connectivity index (χ1n) is 4.32. The van der Waals surface area contributed by atoms with Gasteiger partial charge in [-0.3, -0.25) is 0 Å². The lowest BCUT2D eigenvalue weighted by molar-refractivity contribution is 0.827. The molecule has 1 heterocycles. The first kappa shape index (κ1) is 10.1. The van der Waals surface area contributed by atoms with Crippen LogP contribution in [0.5, 0.6) is 0 Å². The number of hydrogen-bond acceptors (Lipinski definition) is 3. The van der Waals surface area contributed by atoms with E-state index in [1.54, 1.807) is 12.3 Å². The standard InChI is InChI=1S/C11H11N3/c1-3-4-9(2)14-11-6-5-10(7-12)13-8-11/h1,5-6,8-9,14H,4H2,2H3. The highest BCUT2D eigenvalue weighted by Crippen LogP contribution is 2.08. The Morgan fingerprint density at radius 2 is 2.43 bits per heavy atom. The number of nitrogens with zero attached hydrogens (tertiary/aromatic N) is 2. The zero-order chi connectivity index (χ0) is 10.4. The Balaban J connectivity index is 2.61. The summed E-state index contributed by atoms with van der Waals surface area (Å²) < 4.78 is 0. The van der Waals surface area contributed by atoms with Crippen molar-refractivity contribution < 1.29 is 0 Å². The van der Waals surface area contributed by atoms with Crippen molar-refractivity contribution in [3.8, 4) is 18.4 Å². The third-order valence-electron chi connectivity index (χ3n) is 1.72. The van der Waals surface area contributed by atoms with Crippen LogP contribution in [0.3, 0.4) is 0 Å². The van der Waals surface area contributed by atoms with Gasteiger partial charge in [-0.2, -0.15) is 5.26 Å². The fraction of sp³-hybridized carbons (Fsp3) is 0.273. The maximum Gasteiger partial charge on any atom is 0.140 e. The third kappa shape index (κ3) is 2.80. The molecule has 14 heavy (non-hydrogen) atoms. The lowest BCUT2D eigenvalue weighted by atomic mass is 10.2. The minimum Gasteiger partial charge on any atom is -0.380 e. The number of terminal acetylenes is 1. The lowest BCUT2D eigenvalue weighted by Crippen LogP contribution is -2.14. The van der Waals surface area contributed by atoms with Gasteiger partial charge in [-0.15, -0.1) is 12.3 Å². The number of anilines is 1. The lowest BCUT2D eigenvalue weighted by Gasteiger charge is -2.11. The van der Waals surface area contributed by atoms with E-state index in [1.807, 2.05) is 19.1 Å². The molecule has 0 saturated heterocycles. The summed E-state index contributed by atoms with van der Waals surface area (Å²) in [5, 5.41) is 11.7. The van der Waals surface area contributed by atoms with Crippen LogP contribution in [0.2, 0.25) is 0 Å². The number of pyridine rings is 1.